The Balaban J connectivity index is 2.50. The van der Waals surface area contributed by atoms with E-state index < -0.39 is 29.8 Å². The second-order valence-electron chi connectivity index (χ2n) is 4.46. The van der Waals surface area contributed by atoms with Gasteiger partial charge in [0.1, 0.15) is 11.5 Å². The molecule has 0 aromatic heterocycles. The van der Waals surface area contributed by atoms with Gasteiger partial charge >= 0.3 is 12.7 Å². The van der Waals surface area contributed by atoms with Crippen molar-refractivity contribution in [1.29, 1.82) is 0 Å². The highest BCUT2D eigenvalue weighted by molar-refractivity contribution is 5.82. The van der Waals surface area contributed by atoms with Crippen LogP contribution in [0.1, 0.15) is 10.4 Å². The van der Waals surface area contributed by atoms with Gasteiger partial charge in [-0.25, -0.2) is 0 Å². The lowest BCUT2D eigenvalue weighted by molar-refractivity contribution is -0.275. The first kappa shape index (κ1) is 17.6. The zero-order valence-corrected chi connectivity index (χ0v) is 11.6. The molecule has 0 amide bonds. The van der Waals surface area contributed by atoms with Gasteiger partial charge in [-0.2, -0.15) is 0 Å². The predicted octanol–water partition coefficient (Wildman–Crippen LogP) is 4.96. The Kier molecular flexibility index (Phi) is 4.72. The van der Waals surface area contributed by atoms with Gasteiger partial charge < -0.3 is 9.47 Å². The van der Waals surface area contributed by atoms with E-state index in [1.165, 1.54) is 24.3 Å². The molecule has 3 nitrogen and oxygen atoms in total. The third-order valence-corrected chi connectivity index (χ3v) is 2.79. The first-order valence-corrected chi connectivity index (χ1v) is 6.29. The number of hydrogen-bond donors (Lipinski definition) is 0. The highest BCUT2D eigenvalue weighted by Gasteiger charge is 2.33. The summed E-state index contributed by atoms with van der Waals surface area (Å²) < 4.78 is 82.0. The number of benzene rings is 2. The number of hydrogen-bond acceptors (Lipinski definition) is 3. The van der Waals surface area contributed by atoms with Crippen LogP contribution in [0.3, 0.4) is 0 Å². The van der Waals surface area contributed by atoms with E-state index in [2.05, 4.69) is 9.47 Å². The van der Waals surface area contributed by atoms with Gasteiger partial charge in [-0.05, 0) is 23.8 Å². The minimum Gasteiger partial charge on any atom is -0.405 e. The molecule has 0 aliphatic carbocycles. The summed E-state index contributed by atoms with van der Waals surface area (Å²) in [6.07, 6.45) is -9.88. The highest BCUT2D eigenvalue weighted by Crippen LogP contribution is 2.36. The van der Waals surface area contributed by atoms with Crippen LogP contribution in [0.4, 0.5) is 26.3 Å². The SMILES string of the molecule is O=Cc1ccc(-c2ccccc2OC(F)(F)F)cc1OC(F)(F)F. The minimum atomic E-state index is -5.06. The van der Waals surface area contributed by atoms with Gasteiger partial charge in [-0.1, -0.05) is 24.3 Å². The Bertz CT molecular complexity index is 737. The normalized spacial score (nSPS) is 11.9. The maximum absolute atomic E-state index is 12.4. The van der Waals surface area contributed by atoms with E-state index in [1.807, 2.05) is 0 Å². The molecular formula is C15H8F6O3. The summed E-state index contributed by atoms with van der Waals surface area (Å²) in [5.74, 6) is -1.42. The number of ether oxygens (including phenoxy) is 2. The van der Waals surface area contributed by atoms with Crippen molar-refractivity contribution in [3.63, 3.8) is 0 Å². The van der Waals surface area contributed by atoms with Crippen LogP contribution in [0.5, 0.6) is 11.5 Å². The van der Waals surface area contributed by atoms with E-state index in [1.54, 1.807) is 0 Å². The predicted molar refractivity (Wildman–Crippen MR) is 70.6 cm³/mol. The lowest BCUT2D eigenvalue weighted by Crippen LogP contribution is -2.18. The molecule has 0 N–H and O–H groups in total. The molecule has 0 bridgehead atoms. The summed E-state index contributed by atoms with van der Waals surface area (Å²) in [6.45, 7) is 0. The van der Waals surface area contributed by atoms with E-state index in [4.69, 9.17) is 0 Å². The van der Waals surface area contributed by atoms with Crippen molar-refractivity contribution in [3.05, 3.63) is 48.0 Å². The first-order chi connectivity index (χ1) is 11.1. The zero-order chi connectivity index (χ0) is 18.0. The van der Waals surface area contributed by atoms with Crippen molar-refractivity contribution >= 4 is 6.29 Å². The zero-order valence-electron chi connectivity index (χ0n) is 11.6. The van der Waals surface area contributed by atoms with Gasteiger partial charge in [0.05, 0.1) is 5.56 Å². The fraction of sp³-hybridized carbons (Fsp3) is 0.133. The quantitative estimate of drug-likeness (QED) is 0.577. The summed E-state index contributed by atoms with van der Waals surface area (Å²) in [5, 5.41) is 0. The van der Waals surface area contributed by atoms with Crippen LogP contribution in [0, 0.1) is 0 Å². The molecule has 9 heteroatoms. The van der Waals surface area contributed by atoms with Crippen LogP contribution < -0.4 is 9.47 Å². The van der Waals surface area contributed by atoms with Gasteiger partial charge in [0.25, 0.3) is 0 Å². The van der Waals surface area contributed by atoms with Gasteiger partial charge in [0, 0.05) is 5.56 Å². The molecule has 2 aromatic rings. The number of halogens is 6. The molecule has 0 fully saturated rings. The maximum atomic E-state index is 12.4. The molecular weight excluding hydrogens is 342 g/mol. The topological polar surface area (TPSA) is 35.5 Å². The average Bonchev–Trinajstić information content (AvgIpc) is 2.44. The summed E-state index contributed by atoms with van der Waals surface area (Å²) in [5.41, 5.74) is -0.552. The molecule has 0 heterocycles. The Morgan fingerprint density at radius 3 is 1.96 bits per heavy atom. The maximum Gasteiger partial charge on any atom is 0.573 e. The first-order valence-electron chi connectivity index (χ1n) is 6.29. The second kappa shape index (κ2) is 6.42. The molecule has 0 atom stereocenters. The van der Waals surface area contributed by atoms with E-state index in [0.29, 0.717) is 0 Å². The highest BCUT2D eigenvalue weighted by atomic mass is 19.4. The summed E-state index contributed by atoms with van der Waals surface area (Å²) >= 11 is 0. The Morgan fingerprint density at radius 2 is 1.38 bits per heavy atom. The third-order valence-electron chi connectivity index (χ3n) is 2.79. The smallest absolute Gasteiger partial charge is 0.405 e. The molecule has 2 rings (SSSR count). The third kappa shape index (κ3) is 4.64. The number of carbonyl (C=O) groups excluding carboxylic acids is 1. The Hall–Kier alpha value is -2.71. The Labute approximate surface area is 131 Å². The lowest BCUT2D eigenvalue weighted by atomic mass is 10.0. The molecule has 0 saturated heterocycles. The lowest BCUT2D eigenvalue weighted by Gasteiger charge is -2.15. The second-order valence-corrected chi connectivity index (χ2v) is 4.46. The molecule has 0 unspecified atom stereocenters. The molecule has 0 saturated carbocycles. The molecule has 2 aromatic carbocycles. The van der Waals surface area contributed by atoms with Gasteiger partial charge in [0.2, 0.25) is 0 Å². The van der Waals surface area contributed by atoms with Gasteiger partial charge in [-0.15, -0.1) is 26.3 Å². The van der Waals surface area contributed by atoms with Gasteiger partial charge in [0.15, 0.2) is 6.29 Å². The van der Waals surface area contributed by atoms with Crippen LogP contribution >= 0.6 is 0 Å². The summed E-state index contributed by atoms with van der Waals surface area (Å²) in [6, 6.07) is 7.91. The van der Waals surface area contributed by atoms with Crippen LogP contribution in [0.25, 0.3) is 11.1 Å². The molecule has 0 aliphatic heterocycles. The molecule has 24 heavy (non-hydrogen) atoms. The molecule has 0 aliphatic rings. The van der Waals surface area contributed by atoms with Crippen molar-refractivity contribution in [1.82, 2.24) is 0 Å². The number of alkyl halides is 6. The summed E-state index contributed by atoms with van der Waals surface area (Å²) in [7, 11) is 0. The van der Waals surface area contributed by atoms with E-state index in [0.717, 1.165) is 18.2 Å². The molecule has 128 valence electrons. The Morgan fingerprint density at radius 1 is 0.792 bits per heavy atom. The van der Waals surface area contributed by atoms with Crippen molar-refractivity contribution < 1.29 is 40.6 Å². The monoisotopic (exact) mass is 350 g/mol. The van der Waals surface area contributed by atoms with E-state index in [-0.39, 0.29) is 17.4 Å². The average molecular weight is 350 g/mol. The minimum absolute atomic E-state index is 0.0419. The van der Waals surface area contributed by atoms with Crippen molar-refractivity contribution in [2.24, 2.45) is 0 Å². The number of para-hydroxylation sites is 1. The molecule has 0 radical (unpaired) electrons. The largest absolute Gasteiger partial charge is 0.573 e. The number of carbonyl (C=O) groups is 1. The standard InChI is InChI=1S/C15H8F6O3/c16-14(17,18)23-12-4-2-1-3-11(12)9-5-6-10(8-22)13(7-9)24-15(19,20)21/h1-8H. The van der Waals surface area contributed by atoms with E-state index >= 15 is 0 Å². The molecule has 0 spiro atoms. The van der Waals surface area contributed by atoms with Crippen LogP contribution in [-0.2, 0) is 0 Å². The number of rotatable bonds is 4. The van der Waals surface area contributed by atoms with Gasteiger partial charge in [-0.3, -0.25) is 4.79 Å². The fourth-order valence-electron chi connectivity index (χ4n) is 1.93. The van der Waals surface area contributed by atoms with E-state index in [9.17, 15) is 31.1 Å². The summed E-state index contributed by atoms with van der Waals surface area (Å²) in [4.78, 5) is 10.8. The van der Waals surface area contributed by atoms with Crippen molar-refractivity contribution in [3.8, 4) is 22.6 Å². The fourth-order valence-corrected chi connectivity index (χ4v) is 1.93. The van der Waals surface area contributed by atoms with Crippen molar-refractivity contribution in [2.45, 2.75) is 12.7 Å². The van der Waals surface area contributed by atoms with Crippen molar-refractivity contribution in [2.75, 3.05) is 0 Å². The number of aldehydes is 1. The van der Waals surface area contributed by atoms with Crippen LogP contribution in [0.15, 0.2) is 42.5 Å². The van der Waals surface area contributed by atoms with Crippen LogP contribution in [-0.4, -0.2) is 19.0 Å². The van der Waals surface area contributed by atoms with Crippen LogP contribution in [0.2, 0.25) is 0 Å².